The number of methoxy groups -OCH3 is 1. The van der Waals surface area contributed by atoms with Crippen LogP contribution in [-0.4, -0.2) is 33.7 Å². The standard InChI is InChI=1S/C12H12N4O5S/c1-7-5-8(12(18)21-2)11(22-7)13-10(17)6-15-4-3-9(14-15)16(19)20/h3-5H,6H2,1-2H3,(H,13,17). The maximum atomic E-state index is 11.9. The van der Waals surface area contributed by atoms with Crippen LogP contribution in [0.3, 0.4) is 0 Å². The van der Waals surface area contributed by atoms with Gasteiger partial charge in [0.25, 0.3) is 0 Å². The molecule has 1 amide bonds. The number of carbonyl (C=O) groups is 2. The van der Waals surface area contributed by atoms with Crippen molar-refractivity contribution in [1.29, 1.82) is 0 Å². The number of carbonyl (C=O) groups excluding carboxylic acids is 2. The van der Waals surface area contributed by atoms with Crippen LogP contribution in [0.15, 0.2) is 18.3 Å². The van der Waals surface area contributed by atoms with E-state index in [1.165, 1.54) is 30.7 Å². The van der Waals surface area contributed by atoms with Crippen LogP contribution in [0.25, 0.3) is 0 Å². The summed E-state index contributed by atoms with van der Waals surface area (Å²) in [5.41, 5.74) is 0.268. The van der Waals surface area contributed by atoms with Gasteiger partial charge in [0, 0.05) is 4.88 Å². The van der Waals surface area contributed by atoms with Gasteiger partial charge in [-0.05, 0) is 17.9 Å². The fourth-order valence-corrected chi connectivity index (χ4v) is 2.63. The number of nitrogens with one attached hydrogen (secondary N) is 1. The lowest BCUT2D eigenvalue weighted by Crippen LogP contribution is -2.19. The maximum absolute atomic E-state index is 11.9. The van der Waals surface area contributed by atoms with Gasteiger partial charge >= 0.3 is 11.8 Å². The summed E-state index contributed by atoms with van der Waals surface area (Å²) >= 11 is 1.24. The predicted molar refractivity (Wildman–Crippen MR) is 77.9 cm³/mol. The van der Waals surface area contributed by atoms with Crippen molar-refractivity contribution in [3.63, 3.8) is 0 Å². The Balaban J connectivity index is 2.08. The molecule has 0 fully saturated rings. The number of hydrogen-bond donors (Lipinski definition) is 1. The number of esters is 1. The average molecular weight is 324 g/mol. The summed E-state index contributed by atoms with van der Waals surface area (Å²) in [6.45, 7) is 1.59. The maximum Gasteiger partial charge on any atom is 0.389 e. The van der Waals surface area contributed by atoms with Gasteiger partial charge in [-0.1, -0.05) is 0 Å². The molecule has 2 heterocycles. The van der Waals surface area contributed by atoms with E-state index in [9.17, 15) is 19.7 Å². The van der Waals surface area contributed by atoms with Crippen molar-refractivity contribution in [1.82, 2.24) is 9.78 Å². The summed E-state index contributed by atoms with van der Waals surface area (Å²) in [6.07, 6.45) is 1.33. The van der Waals surface area contributed by atoms with Crippen LogP contribution in [0.5, 0.6) is 0 Å². The first kappa shape index (κ1) is 15.6. The molecule has 0 bridgehead atoms. The summed E-state index contributed by atoms with van der Waals surface area (Å²) < 4.78 is 5.79. The van der Waals surface area contributed by atoms with Crippen LogP contribution >= 0.6 is 11.3 Å². The van der Waals surface area contributed by atoms with Gasteiger partial charge in [0.05, 0.1) is 30.0 Å². The fraction of sp³-hybridized carbons (Fsp3) is 0.250. The topological polar surface area (TPSA) is 116 Å². The van der Waals surface area contributed by atoms with Gasteiger partial charge in [0.15, 0.2) is 0 Å². The number of rotatable bonds is 5. The molecule has 2 aromatic heterocycles. The molecule has 9 nitrogen and oxygen atoms in total. The van der Waals surface area contributed by atoms with Crippen molar-refractivity contribution < 1.29 is 19.2 Å². The molecular formula is C12H12N4O5S. The van der Waals surface area contributed by atoms with Crippen LogP contribution in [0, 0.1) is 17.0 Å². The van der Waals surface area contributed by atoms with Gasteiger partial charge in [-0.2, -0.15) is 4.68 Å². The number of anilines is 1. The largest absolute Gasteiger partial charge is 0.465 e. The second-order valence-electron chi connectivity index (χ2n) is 4.27. The van der Waals surface area contributed by atoms with Crippen LogP contribution in [0.2, 0.25) is 0 Å². The van der Waals surface area contributed by atoms with E-state index < -0.39 is 16.8 Å². The number of thiophene rings is 1. The van der Waals surface area contributed by atoms with E-state index in [-0.39, 0.29) is 17.9 Å². The van der Waals surface area contributed by atoms with E-state index in [1.54, 1.807) is 13.0 Å². The Labute approximate surface area is 128 Å². The Bertz CT molecular complexity index is 736. The van der Waals surface area contributed by atoms with Crippen LogP contribution in [0.4, 0.5) is 10.8 Å². The van der Waals surface area contributed by atoms with Crippen molar-refractivity contribution in [2.24, 2.45) is 0 Å². The number of ether oxygens (including phenoxy) is 1. The highest BCUT2D eigenvalue weighted by Crippen LogP contribution is 2.28. The number of hydrogen-bond acceptors (Lipinski definition) is 7. The SMILES string of the molecule is COC(=O)c1cc(C)sc1NC(=O)Cn1ccc([N+](=O)[O-])n1. The van der Waals surface area contributed by atoms with Gasteiger partial charge < -0.3 is 20.2 Å². The molecule has 2 rings (SSSR count). The summed E-state index contributed by atoms with van der Waals surface area (Å²) in [5.74, 6) is -1.34. The van der Waals surface area contributed by atoms with Crippen molar-refractivity contribution in [2.45, 2.75) is 13.5 Å². The molecule has 10 heteroatoms. The van der Waals surface area contributed by atoms with Crippen molar-refractivity contribution >= 4 is 34.0 Å². The first-order chi connectivity index (χ1) is 10.4. The number of amides is 1. The van der Waals surface area contributed by atoms with Gasteiger partial charge in [0.2, 0.25) is 5.91 Å². The Morgan fingerprint density at radius 3 is 2.86 bits per heavy atom. The molecule has 0 aromatic carbocycles. The second kappa shape index (κ2) is 6.35. The lowest BCUT2D eigenvalue weighted by atomic mass is 10.3. The third-order valence-corrected chi connectivity index (χ3v) is 3.60. The van der Waals surface area contributed by atoms with E-state index in [2.05, 4.69) is 15.2 Å². The third-order valence-electron chi connectivity index (χ3n) is 2.63. The van der Waals surface area contributed by atoms with Crippen molar-refractivity contribution in [3.05, 3.63) is 38.9 Å². The summed E-state index contributed by atoms with van der Waals surface area (Å²) in [7, 11) is 1.25. The Morgan fingerprint density at radius 1 is 1.55 bits per heavy atom. The monoisotopic (exact) mass is 324 g/mol. The third kappa shape index (κ3) is 3.47. The highest BCUT2D eigenvalue weighted by atomic mass is 32.1. The van der Waals surface area contributed by atoms with E-state index in [0.717, 1.165) is 9.56 Å². The van der Waals surface area contributed by atoms with Crippen molar-refractivity contribution in [3.8, 4) is 0 Å². The molecule has 1 N–H and O–H groups in total. The molecule has 2 aromatic rings. The molecular weight excluding hydrogens is 312 g/mol. The van der Waals surface area contributed by atoms with E-state index in [0.29, 0.717) is 5.00 Å². The van der Waals surface area contributed by atoms with Gasteiger partial charge in [-0.25, -0.2) is 4.79 Å². The quantitative estimate of drug-likeness (QED) is 0.507. The molecule has 0 saturated carbocycles. The zero-order chi connectivity index (χ0) is 16.3. The molecule has 0 atom stereocenters. The molecule has 22 heavy (non-hydrogen) atoms. The number of nitro groups is 1. The normalized spacial score (nSPS) is 10.3. The zero-order valence-electron chi connectivity index (χ0n) is 11.7. The van der Waals surface area contributed by atoms with Crippen LogP contribution in [-0.2, 0) is 16.1 Å². The molecule has 0 aliphatic carbocycles. The van der Waals surface area contributed by atoms with Gasteiger partial charge in [-0.3, -0.25) is 4.79 Å². The average Bonchev–Trinajstić information content (AvgIpc) is 3.05. The fourth-order valence-electron chi connectivity index (χ4n) is 1.72. The molecule has 0 aliphatic heterocycles. The molecule has 0 unspecified atom stereocenters. The molecule has 0 saturated heterocycles. The summed E-state index contributed by atoms with van der Waals surface area (Å²) in [5, 5.41) is 17.1. The minimum absolute atomic E-state index is 0.203. The lowest BCUT2D eigenvalue weighted by molar-refractivity contribution is -0.389. The Hall–Kier alpha value is -2.75. The second-order valence-corrected chi connectivity index (χ2v) is 5.52. The van der Waals surface area contributed by atoms with Gasteiger partial charge in [0.1, 0.15) is 11.5 Å². The lowest BCUT2D eigenvalue weighted by Gasteiger charge is -2.04. The highest BCUT2D eigenvalue weighted by molar-refractivity contribution is 7.16. The highest BCUT2D eigenvalue weighted by Gasteiger charge is 2.19. The zero-order valence-corrected chi connectivity index (χ0v) is 12.5. The van der Waals surface area contributed by atoms with Crippen molar-refractivity contribution in [2.75, 3.05) is 12.4 Å². The van der Waals surface area contributed by atoms with Crippen LogP contribution < -0.4 is 5.32 Å². The first-order valence-electron chi connectivity index (χ1n) is 6.07. The number of aromatic nitrogens is 2. The number of aryl methyl sites for hydroxylation is 1. The van der Waals surface area contributed by atoms with Crippen LogP contribution in [0.1, 0.15) is 15.2 Å². The van der Waals surface area contributed by atoms with Gasteiger partial charge in [-0.15, -0.1) is 11.3 Å². The first-order valence-corrected chi connectivity index (χ1v) is 6.89. The summed E-state index contributed by atoms with van der Waals surface area (Å²) in [6, 6.07) is 2.81. The Morgan fingerprint density at radius 2 is 2.27 bits per heavy atom. The van der Waals surface area contributed by atoms with E-state index in [4.69, 9.17) is 0 Å². The molecule has 0 radical (unpaired) electrons. The van der Waals surface area contributed by atoms with E-state index >= 15 is 0 Å². The smallest absolute Gasteiger partial charge is 0.389 e. The molecule has 116 valence electrons. The summed E-state index contributed by atoms with van der Waals surface area (Å²) in [4.78, 5) is 34.3. The minimum atomic E-state index is -0.646. The minimum Gasteiger partial charge on any atom is -0.465 e. The number of nitrogens with zero attached hydrogens (tertiary/aromatic N) is 3. The Kier molecular flexibility index (Phi) is 4.51. The predicted octanol–water partition coefficient (Wildman–Crippen LogP) is 1.59. The van der Waals surface area contributed by atoms with E-state index in [1.807, 2.05) is 0 Å². The molecule has 0 aliphatic rings. The molecule has 0 spiro atoms.